The van der Waals surface area contributed by atoms with Crippen molar-refractivity contribution in [3.05, 3.63) is 125 Å². The van der Waals surface area contributed by atoms with Crippen LogP contribution in [0.1, 0.15) is 76.9 Å². The molecular formula is C48H58N4O9. The summed E-state index contributed by atoms with van der Waals surface area (Å²) in [5.74, 6) is -0.0776. The molecule has 0 saturated carbocycles. The summed E-state index contributed by atoms with van der Waals surface area (Å²) in [5, 5.41) is 15.8. The Morgan fingerprint density at radius 3 is 2.08 bits per heavy atom. The van der Waals surface area contributed by atoms with E-state index in [9.17, 15) is 29.1 Å². The Kier molecular flexibility index (Phi) is 19.7. The Balaban J connectivity index is 1.17. The molecule has 0 aliphatic heterocycles. The maximum absolute atomic E-state index is 13.6. The highest BCUT2D eigenvalue weighted by Crippen LogP contribution is 2.35. The minimum absolute atomic E-state index is 0.0737. The maximum Gasteiger partial charge on any atom is 0.257 e. The van der Waals surface area contributed by atoms with Gasteiger partial charge < -0.3 is 44.5 Å². The summed E-state index contributed by atoms with van der Waals surface area (Å²) in [6.45, 7) is 6.37. The van der Waals surface area contributed by atoms with E-state index in [0.29, 0.717) is 50.3 Å². The van der Waals surface area contributed by atoms with Gasteiger partial charge in [0, 0.05) is 44.9 Å². The number of phenolic OH excluding ortho intramolecular Hbond substituents is 1. The van der Waals surface area contributed by atoms with Gasteiger partial charge in [0.05, 0.1) is 45.0 Å². The molecule has 1 atom stereocenters. The Morgan fingerprint density at radius 2 is 1.44 bits per heavy atom. The van der Waals surface area contributed by atoms with Crippen LogP contribution in [0.2, 0.25) is 0 Å². The first-order chi connectivity index (χ1) is 29.6. The second kappa shape index (κ2) is 25.3. The molecule has 61 heavy (non-hydrogen) atoms. The summed E-state index contributed by atoms with van der Waals surface area (Å²) < 4.78 is 17.3. The van der Waals surface area contributed by atoms with Gasteiger partial charge in [0.2, 0.25) is 11.8 Å². The first kappa shape index (κ1) is 47.4. The van der Waals surface area contributed by atoms with Gasteiger partial charge in [0.15, 0.2) is 6.29 Å². The minimum Gasteiger partial charge on any atom is -0.508 e. The van der Waals surface area contributed by atoms with Crippen LogP contribution in [0.3, 0.4) is 0 Å². The lowest BCUT2D eigenvalue weighted by molar-refractivity contribution is -0.131. The Bertz CT molecular complexity index is 2050. The van der Waals surface area contributed by atoms with Gasteiger partial charge in [-0.2, -0.15) is 0 Å². The summed E-state index contributed by atoms with van der Waals surface area (Å²) >= 11 is 0. The number of allylic oxidation sites excluding steroid dienone is 1. The quantitative estimate of drug-likeness (QED) is 0.0362. The number of carbonyl (C=O) groups excluding carboxylic acids is 5. The highest BCUT2D eigenvalue weighted by molar-refractivity contribution is 6.07. The van der Waals surface area contributed by atoms with Gasteiger partial charge in [0.1, 0.15) is 30.4 Å². The smallest absolute Gasteiger partial charge is 0.257 e. The number of benzene rings is 4. The molecule has 4 aromatic rings. The Morgan fingerprint density at radius 1 is 0.770 bits per heavy atom. The van der Waals surface area contributed by atoms with Crippen LogP contribution in [-0.4, -0.2) is 118 Å². The topological polar surface area (TPSA) is 164 Å². The first-order valence-electron chi connectivity index (χ1n) is 20.6. The second-order valence-electron chi connectivity index (χ2n) is 14.2. The van der Waals surface area contributed by atoms with Gasteiger partial charge in [-0.3, -0.25) is 19.2 Å². The predicted octanol–water partition coefficient (Wildman–Crippen LogP) is 6.50. The molecule has 0 fully saturated rings. The van der Waals surface area contributed by atoms with Crippen LogP contribution in [-0.2, 0) is 23.9 Å². The van der Waals surface area contributed by atoms with E-state index in [2.05, 4.69) is 29.7 Å². The lowest BCUT2D eigenvalue weighted by Gasteiger charge is -2.28. The maximum atomic E-state index is 13.6. The number of ether oxygens (including phenoxy) is 3. The lowest BCUT2D eigenvalue weighted by Crippen LogP contribution is -2.48. The van der Waals surface area contributed by atoms with Crippen LogP contribution in [0.15, 0.2) is 97.1 Å². The number of aromatic hydroxyl groups is 1. The van der Waals surface area contributed by atoms with Crippen molar-refractivity contribution in [2.24, 2.45) is 0 Å². The fourth-order valence-electron chi connectivity index (χ4n) is 6.77. The van der Waals surface area contributed by atoms with Crippen molar-refractivity contribution in [3.8, 4) is 11.5 Å². The highest BCUT2D eigenvalue weighted by Gasteiger charge is 2.29. The van der Waals surface area contributed by atoms with Gasteiger partial charge >= 0.3 is 0 Å². The number of nitrogens with zero attached hydrogens (tertiary/aromatic N) is 2. The zero-order chi connectivity index (χ0) is 44.0. The molecule has 0 aliphatic rings. The molecule has 4 rings (SSSR count). The molecule has 324 valence electrons. The Hall–Kier alpha value is -6.31. The zero-order valence-corrected chi connectivity index (χ0v) is 35.6. The Labute approximate surface area is 358 Å². The first-order valence-corrected chi connectivity index (χ1v) is 20.6. The molecule has 3 N–H and O–H groups in total. The van der Waals surface area contributed by atoms with Gasteiger partial charge in [-0.25, -0.2) is 0 Å². The predicted molar refractivity (Wildman–Crippen MR) is 237 cm³/mol. The van der Waals surface area contributed by atoms with E-state index in [1.165, 1.54) is 23.6 Å². The van der Waals surface area contributed by atoms with Crippen molar-refractivity contribution in [2.45, 2.75) is 45.6 Å². The van der Waals surface area contributed by atoms with Crippen molar-refractivity contribution in [2.75, 3.05) is 72.1 Å². The number of hydrogen-bond acceptors (Lipinski definition) is 10. The van der Waals surface area contributed by atoms with Gasteiger partial charge in [0.25, 0.3) is 5.91 Å². The molecule has 0 heterocycles. The third-order valence-electron chi connectivity index (χ3n) is 10.0. The SMILES string of the molecule is CCNC(=O)C(CCC=O)N(C)C(=O)c1c(C=O)cccc1NCCOCCOCCC(=O)N(C)CCOc1ccc(/C(=C(/CC)c2ccccc2)c2ccc(O)cc2)cc1. The molecule has 0 bridgehead atoms. The monoisotopic (exact) mass is 834 g/mol. The lowest BCUT2D eigenvalue weighted by atomic mass is 9.88. The summed E-state index contributed by atoms with van der Waals surface area (Å²) in [6.07, 6.45) is 2.56. The molecule has 4 aromatic carbocycles. The summed E-state index contributed by atoms with van der Waals surface area (Å²) in [4.78, 5) is 64.8. The third kappa shape index (κ3) is 14.1. The number of hydrogen-bond donors (Lipinski definition) is 3. The number of aldehydes is 2. The molecule has 0 spiro atoms. The van der Waals surface area contributed by atoms with E-state index >= 15 is 0 Å². The number of nitrogens with one attached hydrogen (secondary N) is 2. The van der Waals surface area contributed by atoms with Crippen LogP contribution >= 0.6 is 0 Å². The highest BCUT2D eigenvalue weighted by atomic mass is 16.5. The second-order valence-corrected chi connectivity index (χ2v) is 14.2. The van der Waals surface area contributed by atoms with E-state index < -0.39 is 11.9 Å². The largest absolute Gasteiger partial charge is 0.508 e. The third-order valence-corrected chi connectivity index (χ3v) is 10.0. The van der Waals surface area contributed by atoms with E-state index in [4.69, 9.17) is 14.2 Å². The number of anilines is 1. The molecule has 3 amide bonds. The number of rotatable bonds is 26. The molecule has 0 saturated heterocycles. The summed E-state index contributed by atoms with van der Waals surface area (Å²) in [7, 11) is 3.21. The number of amides is 3. The molecule has 13 heteroatoms. The fourth-order valence-corrected chi connectivity index (χ4v) is 6.77. The van der Waals surface area contributed by atoms with Crippen LogP contribution in [0, 0.1) is 0 Å². The van der Waals surface area contributed by atoms with Crippen molar-refractivity contribution < 1.29 is 43.3 Å². The van der Waals surface area contributed by atoms with E-state index in [-0.39, 0.29) is 74.4 Å². The molecule has 0 radical (unpaired) electrons. The van der Waals surface area contributed by atoms with E-state index in [1.807, 2.05) is 54.6 Å². The summed E-state index contributed by atoms with van der Waals surface area (Å²) in [5.41, 5.74) is 6.15. The van der Waals surface area contributed by atoms with Crippen molar-refractivity contribution >= 4 is 47.1 Å². The van der Waals surface area contributed by atoms with Gasteiger partial charge in [-0.15, -0.1) is 0 Å². The number of phenols is 1. The van der Waals surface area contributed by atoms with Crippen LogP contribution in [0.5, 0.6) is 11.5 Å². The van der Waals surface area contributed by atoms with Crippen molar-refractivity contribution in [1.82, 2.24) is 15.1 Å². The minimum atomic E-state index is -0.884. The normalized spacial score (nSPS) is 11.8. The molecule has 13 nitrogen and oxygen atoms in total. The van der Waals surface area contributed by atoms with Gasteiger partial charge in [-0.05, 0) is 77.9 Å². The molecule has 0 aromatic heterocycles. The standard InChI is InChI=1S/C48H58N4O9/c1-5-41(35-12-8-7-9-13-35)45(36-17-21-39(55)22-18-36)37-19-23-40(24-20-37)61-31-27-51(3)44(56)25-29-59-32-33-60-30-26-50-42-15-10-14-38(34-54)46(42)48(58)52(4)43(16-11-28-53)47(57)49-6-2/h7-10,12-15,17-24,28,34,43,50,55H,5-6,11,16,25-27,29-33H2,1-4H3,(H,49,57)/b45-41-. The van der Waals surface area contributed by atoms with Gasteiger partial charge in [-0.1, -0.05) is 73.7 Å². The fraction of sp³-hybridized carbons (Fsp3) is 0.354. The van der Waals surface area contributed by atoms with E-state index in [0.717, 1.165) is 28.7 Å². The number of likely N-dealkylation sites (N-methyl/N-ethyl adjacent to an activating group) is 3. The van der Waals surface area contributed by atoms with E-state index in [1.54, 1.807) is 43.1 Å². The van der Waals surface area contributed by atoms with Crippen LogP contribution < -0.4 is 15.4 Å². The van der Waals surface area contributed by atoms with Crippen LogP contribution in [0.4, 0.5) is 5.69 Å². The van der Waals surface area contributed by atoms with Crippen molar-refractivity contribution in [3.63, 3.8) is 0 Å². The zero-order valence-electron chi connectivity index (χ0n) is 35.6. The van der Waals surface area contributed by atoms with Crippen LogP contribution in [0.25, 0.3) is 11.1 Å². The average molecular weight is 835 g/mol. The summed E-state index contributed by atoms with van der Waals surface area (Å²) in [6, 6.07) is 29.4. The molecule has 1 unspecified atom stereocenters. The number of carbonyl (C=O) groups is 5. The molecule has 0 aliphatic carbocycles. The van der Waals surface area contributed by atoms with Crippen molar-refractivity contribution in [1.29, 1.82) is 0 Å². The average Bonchev–Trinajstić information content (AvgIpc) is 3.28. The molecular weight excluding hydrogens is 777 g/mol.